The molecule has 5 N–H and O–H groups in total. The number of amides is 6. The Morgan fingerprint density at radius 2 is 1.78 bits per heavy atom. The van der Waals surface area contributed by atoms with Gasteiger partial charge in [0, 0.05) is 53.3 Å². The molecule has 260 valence electrons. The van der Waals surface area contributed by atoms with Crippen LogP contribution in [0.3, 0.4) is 0 Å². The van der Waals surface area contributed by atoms with Crippen molar-refractivity contribution >= 4 is 57.9 Å². The number of hydrogen-bond acceptors (Lipinski definition) is 9. The zero-order chi connectivity index (χ0) is 35.9. The minimum atomic E-state index is -1.03. The van der Waals surface area contributed by atoms with Crippen molar-refractivity contribution in [3.63, 3.8) is 0 Å². The molecule has 5 aromatic rings. The predicted octanol–water partition coefficient (Wildman–Crippen LogP) is 4.58. The third-order valence-electron chi connectivity index (χ3n) is 8.70. The number of carbonyl (C=O) groups excluding carboxylic acids is 5. The molecule has 0 saturated carbocycles. The zero-order valence-electron chi connectivity index (χ0n) is 28.1. The summed E-state index contributed by atoms with van der Waals surface area (Å²) in [5.41, 5.74) is 4.67. The number of benzene rings is 3. The second-order valence-electron chi connectivity index (χ2n) is 13.3. The first-order chi connectivity index (χ1) is 24.5. The first-order valence-electron chi connectivity index (χ1n) is 16.4. The van der Waals surface area contributed by atoms with E-state index in [4.69, 9.17) is 4.74 Å². The van der Waals surface area contributed by atoms with Crippen LogP contribution in [0.15, 0.2) is 73.1 Å². The van der Waals surface area contributed by atoms with E-state index in [9.17, 15) is 24.0 Å². The van der Waals surface area contributed by atoms with Gasteiger partial charge in [-0.1, -0.05) is 26.8 Å². The van der Waals surface area contributed by atoms with Gasteiger partial charge in [-0.25, -0.2) is 9.78 Å². The number of anilines is 3. The van der Waals surface area contributed by atoms with Gasteiger partial charge in [0.25, 0.3) is 11.8 Å². The van der Waals surface area contributed by atoms with Crippen molar-refractivity contribution in [3.05, 3.63) is 89.9 Å². The molecule has 1 fully saturated rings. The highest BCUT2D eigenvalue weighted by Crippen LogP contribution is 2.32. The van der Waals surface area contributed by atoms with Crippen LogP contribution in [0.25, 0.3) is 16.7 Å². The summed E-state index contributed by atoms with van der Waals surface area (Å²) < 4.78 is 7.89. The number of carbonyl (C=O) groups is 5. The largest absolute Gasteiger partial charge is 0.492 e. The van der Waals surface area contributed by atoms with Gasteiger partial charge in [0.05, 0.1) is 22.2 Å². The molecule has 15 nitrogen and oxygen atoms in total. The fourth-order valence-electron chi connectivity index (χ4n) is 6.06. The number of nitrogens with one attached hydrogen (secondary N) is 5. The van der Waals surface area contributed by atoms with Crippen molar-refractivity contribution in [1.82, 2.24) is 30.0 Å². The van der Waals surface area contributed by atoms with E-state index in [1.807, 2.05) is 41.0 Å². The van der Waals surface area contributed by atoms with Crippen LogP contribution in [0.2, 0.25) is 0 Å². The van der Waals surface area contributed by atoms with Gasteiger partial charge in [-0.2, -0.15) is 5.10 Å². The van der Waals surface area contributed by atoms with Gasteiger partial charge in [-0.05, 0) is 55.0 Å². The van der Waals surface area contributed by atoms with E-state index in [0.29, 0.717) is 35.0 Å². The zero-order valence-corrected chi connectivity index (χ0v) is 28.1. The topological polar surface area (TPSA) is 192 Å². The highest BCUT2D eigenvalue weighted by Gasteiger charge is 2.45. The van der Waals surface area contributed by atoms with Gasteiger partial charge in [0.15, 0.2) is 5.82 Å². The van der Waals surface area contributed by atoms with E-state index in [-0.39, 0.29) is 36.0 Å². The molecule has 0 aliphatic carbocycles. The monoisotopic (exact) mass is 689 g/mol. The number of fused-ring (bicyclic) bond motifs is 2. The van der Waals surface area contributed by atoms with Gasteiger partial charge in [0.1, 0.15) is 24.7 Å². The first kappa shape index (κ1) is 33.0. The minimum Gasteiger partial charge on any atom is -0.492 e. The summed E-state index contributed by atoms with van der Waals surface area (Å²) in [6.45, 7) is 6.73. The number of aromatic amines is 1. The van der Waals surface area contributed by atoms with Crippen LogP contribution in [-0.4, -0.2) is 73.5 Å². The predicted molar refractivity (Wildman–Crippen MR) is 188 cm³/mol. The van der Waals surface area contributed by atoms with Crippen LogP contribution in [0, 0.1) is 0 Å². The smallest absolute Gasteiger partial charge is 0.324 e. The SMILES string of the molecule is CC(C)(C)c1cc(NC(=O)Nc2ccc(-n3cnc4cc(OCCNc5cccc6c5C(=O)N(C5CCC(=O)NC5=O)C6=O)ccc43)cc2)n[nH]1. The molecule has 4 heterocycles. The Morgan fingerprint density at radius 3 is 2.53 bits per heavy atom. The quantitative estimate of drug-likeness (QED) is 0.109. The standard InChI is InChI=1S/C36H35N9O6/c1-36(2,3)28-18-29(43-42-28)40-35(50)39-20-7-9-21(10-8-20)44-19-38-25-17-22(11-12-26(25)44)51-16-15-37-24-6-4-5-23-31(24)34(49)45(33(23)48)27-13-14-30(46)41-32(27)47/h4-12,17-19,27,37H,13-16H2,1-3H3,(H,41,46,47)(H3,39,40,42,43,50). The summed E-state index contributed by atoms with van der Waals surface area (Å²) >= 11 is 0. The number of nitrogens with zero attached hydrogens (tertiary/aromatic N) is 4. The third kappa shape index (κ3) is 6.60. The fraction of sp³-hybridized carbons (Fsp3) is 0.250. The summed E-state index contributed by atoms with van der Waals surface area (Å²) in [6, 6.07) is 18.2. The molecule has 1 atom stereocenters. The fourth-order valence-corrected chi connectivity index (χ4v) is 6.06. The number of piperidine rings is 1. The van der Waals surface area contributed by atoms with Crippen molar-refractivity contribution in [2.24, 2.45) is 0 Å². The van der Waals surface area contributed by atoms with E-state index in [1.54, 1.807) is 36.7 Å². The Bertz CT molecular complexity index is 2200. The van der Waals surface area contributed by atoms with Crippen LogP contribution >= 0.6 is 0 Å². The van der Waals surface area contributed by atoms with Crippen LogP contribution < -0.4 is 26.0 Å². The number of ether oxygens (including phenoxy) is 1. The summed E-state index contributed by atoms with van der Waals surface area (Å²) in [4.78, 5) is 68.4. The number of rotatable bonds is 9. The number of imide groups is 2. The maximum Gasteiger partial charge on any atom is 0.324 e. The van der Waals surface area contributed by atoms with Crippen LogP contribution in [0.4, 0.5) is 22.0 Å². The summed E-state index contributed by atoms with van der Waals surface area (Å²) in [5, 5.41) is 18.0. The molecular formula is C36H35N9O6. The normalized spacial score (nSPS) is 15.9. The second kappa shape index (κ2) is 13.1. The summed E-state index contributed by atoms with van der Waals surface area (Å²) in [6.07, 6.45) is 1.85. The Hall–Kier alpha value is -6.51. The molecule has 1 unspecified atom stereocenters. The van der Waals surface area contributed by atoms with Crippen LogP contribution in [0.5, 0.6) is 5.75 Å². The van der Waals surface area contributed by atoms with Crippen molar-refractivity contribution in [2.45, 2.75) is 45.1 Å². The van der Waals surface area contributed by atoms with E-state index in [1.165, 1.54) is 0 Å². The van der Waals surface area contributed by atoms with Gasteiger partial charge in [-0.3, -0.25) is 44.4 Å². The summed E-state index contributed by atoms with van der Waals surface area (Å²) in [5.74, 6) is -1.18. The van der Waals surface area contributed by atoms with E-state index in [0.717, 1.165) is 21.8 Å². The molecule has 7 rings (SSSR count). The third-order valence-corrected chi connectivity index (χ3v) is 8.70. The molecule has 1 saturated heterocycles. The number of imidazole rings is 1. The second-order valence-corrected chi connectivity index (χ2v) is 13.3. The Kier molecular flexibility index (Phi) is 8.46. The lowest BCUT2D eigenvalue weighted by Crippen LogP contribution is -2.54. The molecule has 0 spiro atoms. The lowest BCUT2D eigenvalue weighted by atomic mass is 9.92. The molecule has 3 aromatic carbocycles. The van der Waals surface area contributed by atoms with Gasteiger partial charge in [0.2, 0.25) is 11.8 Å². The van der Waals surface area contributed by atoms with Crippen LogP contribution in [-0.2, 0) is 15.0 Å². The molecule has 2 aromatic heterocycles. The number of H-pyrrole nitrogens is 1. The number of urea groups is 1. The lowest BCUT2D eigenvalue weighted by Gasteiger charge is -2.27. The number of hydrogen-bond donors (Lipinski definition) is 5. The van der Waals surface area contributed by atoms with Gasteiger partial charge >= 0.3 is 6.03 Å². The van der Waals surface area contributed by atoms with E-state index >= 15 is 0 Å². The van der Waals surface area contributed by atoms with E-state index in [2.05, 4.69) is 57.2 Å². The van der Waals surface area contributed by atoms with Crippen LogP contribution in [0.1, 0.15) is 60.0 Å². The summed E-state index contributed by atoms with van der Waals surface area (Å²) in [7, 11) is 0. The molecule has 15 heteroatoms. The maximum absolute atomic E-state index is 13.3. The van der Waals surface area contributed by atoms with Gasteiger partial charge in [-0.15, -0.1) is 0 Å². The highest BCUT2D eigenvalue weighted by molar-refractivity contribution is 6.25. The minimum absolute atomic E-state index is 0.0531. The Morgan fingerprint density at radius 1 is 0.980 bits per heavy atom. The Labute approximate surface area is 291 Å². The molecule has 0 radical (unpaired) electrons. The lowest BCUT2D eigenvalue weighted by molar-refractivity contribution is -0.136. The Balaban J connectivity index is 0.941. The van der Waals surface area contributed by atoms with Gasteiger partial charge < -0.3 is 15.4 Å². The molecular weight excluding hydrogens is 654 g/mol. The average molecular weight is 690 g/mol. The first-order valence-corrected chi connectivity index (χ1v) is 16.4. The average Bonchev–Trinajstić information content (AvgIpc) is 3.81. The van der Waals surface area contributed by atoms with E-state index < -0.39 is 35.7 Å². The molecule has 51 heavy (non-hydrogen) atoms. The molecule has 2 aliphatic heterocycles. The van der Waals surface area contributed by atoms with Crippen molar-refractivity contribution in [1.29, 1.82) is 0 Å². The number of aromatic nitrogens is 4. The molecule has 2 aliphatic rings. The van der Waals surface area contributed by atoms with Crippen molar-refractivity contribution < 1.29 is 28.7 Å². The molecule has 0 bridgehead atoms. The maximum atomic E-state index is 13.3. The van der Waals surface area contributed by atoms with Crippen molar-refractivity contribution in [2.75, 3.05) is 29.1 Å². The van der Waals surface area contributed by atoms with Crippen molar-refractivity contribution in [3.8, 4) is 11.4 Å². The highest BCUT2D eigenvalue weighted by atomic mass is 16.5. The molecule has 6 amide bonds.